The fourth-order valence-corrected chi connectivity index (χ4v) is 1.62. The zero-order valence-electron chi connectivity index (χ0n) is 8.76. The molecule has 0 spiro atoms. The van der Waals surface area contributed by atoms with Crippen LogP contribution >= 0.6 is 15.9 Å². The molecule has 1 atom stereocenters. The molecule has 0 amide bonds. The van der Waals surface area contributed by atoms with Gasteiger partial charge in [0.15, 0.2) is 0 Å². The van der Waals surface area contributed by atoms with E-state index in [-0.39, 0.29) is 11.9 Å². The molecule has 0 bridgehead atoms. The fraction of sp³-hybridized carbons (Fsp3) is 0.333. The third-order valence-electron chi connectivity index (χ3n) is 2.20. The lowest BCUT2D eigenvalue weighted by molar-refractivity contribution is 0.543. The molecule has 0 aromatic heterocycles. The van der Waals surface area contributed by atoms with Crippen LogP contribution in [0.15, 0.2) is 35.3 Å². The molecule has 0 aliphatic carbocycles. The van der Waals surface area contributed by atoms with Crippen molar-refractivity contribution < 1.29 is 4.39 Å². The lowest BCUT2D eigenvalue weighted by Crippen LogP contribution is -2.21. The Balaban J connectivity index is 2.69. The average molecular weight is 272 g/mol. The highest BCUT2D eigenvalue weighted by Gasteiger charge is 2.08. The Morgan fingerprint density at radius 1 is 1.60 bits per heavy atom. The Morgan fingerprint density at radius 2 is 2.33 bits per heavy atom. The highest BCUT2D eigenvalue weighted by atomic mass is 79.9. The van der Waals surface area contributed by atoms with Gasteiger partial charge in [0, 0.05) is 17.1 Å². The maximum atomic E-state index is 13.0. The summed E-state index contributed by atoms with van der Waals surface area (Å²) in [5.74, 6) is -0.189. The topological polar surface area (TPSA) is 12.0 Å². The van der Waals surface area contributed by atoms with Gasteiger partial charge in [0.1, 0.15) is 5.82 Å². The second-order valence-electron chi connectivity index (χ2n) is 3.41. The molecule has 0 aliphatic heterocycles. The molecule has 1 N–H and O–H groups in total. The molecule has 0 aliphatic rings. The summed E-state index contributed by atoms with van der Waals surface area (Å²) in [5.41, 5.74) is 0.978. The first-order valence-electron chi connectivity index (χ1n) is 4.95. The van der Waals surface area contributed by atoms with Gasteiger partial charge < -0.3 is 5.32 Å². The van der Waals surface area contributed by atoms with Gasteiger partial charge in [0.05, 0.1) is 0 Å². The van der Waals surface area contributed by atoms with Crippen LogP contribution in [-0.2, 0) is 0 Å². The van der Waals surface area contributed by atoms with Crippen molar-refractivity contribution in [1.82, 2.24) is 5.32 Å². The summed E-state index contributed by atoms with van der Waals surface area (Å²) in [5, 5.41) is 3.30. The normalized spacial score (nSPS) is 12.5. The van der Waals surface area contributed by atoms with E-state index in [0.29, 0.717) is 6.54 Å². The van der Waals surface area contributed by atoms with Crippen LogP contribution in [0.25, 0.3) is 0 Å². The Morgan fingerprint density at radius 3 is 2.87 bits per heavy atom. The standard InChI is InChI=1S/C12H15BrFN/c1-3-12(15-8-9(2)13)10-5-4-6-11(14)7-10/h4-7,12,15H,2-3,8H2,1H3. The van der Waals surface area contributed by atoms with Gasteiger partial charge in [0.25, 0.3) is 0 Å². The van der Waals surface area contributed by atoms with E-state index in [9.17, 15) is 4.39 Å². The van der Waals surface area contributed by atoms with E-state index in [1.807, 2.05) is 6.07 Å². The first-order chi connectivity index (χ1) is 7.13. The predicted molar refractivity (Wildman–Crippen MR) is 65.5 cm³/mol. The van der Waals surface area contributed by atoms with Crippen molar-refractivity contribution in [3.05, 3.63) is 46.7 Å². The van der Waals surface area contributed by atoms with Gasteiger partial charge in [-0.3, -0.25) is 0 Å². The van der Waals surface area contributed by atoms with Crippen molar-refractivity contribution in [2.45, 2.75) is 19.4 Å². The monoisotopic (exact) mass is 271 g/mol. The van der Waals surface area contributed by atoms with Crippen molar-refractivity contribution in [2.24, 2.45) is 0 Å². The van der Waals surface area contributed by atoms with Crippen molar-refractivity contribution in [2.75, 3.05) is 6.54 Å². The maximum absolute atomic E-state index is 13.0. The lowest BCUT2D eigenvalue weighted by atomic mass is 10.0. The smallest absolute Gasteiger partial charge is 0.123 e. The van der Waals surface area contributed by atoms with Gasteiger partial charge in [-0.25, -0.2) is 4.39 Å². The van der Waals surface area contributed by atoms with Crippen LogP contribution in [-0.4, -0.2) is 6.54 Å². The minimum atomic E-state index is -0.189. The number of benzene rings is 1. The minimum absolute atomic E-state index is 0.176. The molecule has 3 heteroatoms. The molecule has 0 saturated carbocycles. The SMILES string of the molecule is C=C(Br)CNC(CC)c1cccc(F)c1. The molecular weight excluding hydrogens is 257 g/mol. The minimum Gasteiger partial charge on any atom is -0.305 e. The average Bonchev–Trinajstić information content (AvgIpc) is 2.18. The van der Waals surface area contributed by atoms with E-state index in [0.717, 1.165) is 16.5 Å². The summed E-state index contributed by atoms with van der Waals surface area (Å²) in [4.78, 5) is 0. The Kier molecular flexibility index (Phi) is 4.99. The van der Waals surface area contributed by atoms with Crippen LogP contribution < -0.4 is 5.32 Å². The molecular formula is C12H15BrFN. The summed E-state index contributed by atoms with van der Waals surface area (Å²) >= 11 is 3.29. The van der Waals surface area contributed by atoms with Gasteiger partial charge in [-0.15, -0.1) is 0 Å². The first-order valence-corrected chi connectivity index (χ1v) is 5.75. The molecule has 1 aromatic rings. The molecule has 1 rings (SSSR count). The third-order valence-corrected chi connectivity index (χ3v) is 2.48. The van der Waals surface area contributed by atoms with Gasteiger partial charge in [0.2, 0.25) is 0 Å². The van der Waals surface area contributed by atoms with Crippen molar-refractivity contribution in [1.29, 1.82) is 0 Å². The molecule has 82 valence electrons. The maximum Gasteiger partial charge on any atom is 0.123 e. The second-order valence-corrected chi connectivity index (χ2v) is 4.54. The van der Waals surface area contributed by atoms with E-state index in [1.165, 1.54) is 6.07 Å². The summed E-state index contributed by atoms with van der Waals surface area (Å²) in [6.07, 6.45) is 0.920. The molecule has 15 heavy (non-hydrogen) atoms. The van der Waals surface area contributed by atoms with Gasteiger partial charge in [-0.1, -0.05) is 41.6 Å². The van der Waals surface area contributed by atoms with Crippen molar-refractivity contribution in [3.8, 4) is 0 Å². The third kappa shape index (κ3) is 4.14. The van der Waals surface area contributed by atoms with Crippen molar-refractivity contribution in [3.63, 3.8) is 0 Å². The summed E-state index contributed by atoms with van der Waals surface area (Å²) in [6.45, 7) is 6.51. The predicted octanol–water partition coefficient (Wildman–Crippen LogP) is 3.78. The molecule has 0 fully saturated rings. The second kappa shape index (κ2) is 6.03. The Bertz CT molecular complexity index is 338. The quantitative estimate of drug-likeness (QED) is 0.860. The fourth-order valence-electron chi connectivity index (χ4n) is 1.46. The summed E-state index contributed by atoms with van der Waals surface area (Å²) in [7, 11) is 0. The molecule has 0 radical (unpaired) electrons. The van der Waals surface area contributed by atoms with Crippen LogP contribution in [0.2, 0.25) is 0 Å². The zero-order chi connectivity index (χ0) is 11.3. The van der Waals surface area contributed by atoms with Gasteiger partial charge >= 0.3 is 0 Å². The number of hydrogen-bond donors (Lipinski definition) is 1. The molecule has 1 aromatic carbocycles. The van der Waals surface area contributed by atoms with Crippen LogP contribution in [0.5, 0.6) is 0 Å². The van der Waals surface area contributed by atoms with Crippen LogP contribution in [0.4, 0.5) is 4.39 Å². The highest BCUT2D eigenvalue weighted by molar-refractivity contribution is 9.11. The van der Waals surface area contributed by atoms with Crippen molar-refractivity contribution >= 4 is 15.9 Å². The van der Waals surface area contributed by atoms with E-state index in [1.54, 1.807) is 12.1 Å². The highest BCUT2D eigenvalue weighted by Crippen LogP contribution is 2.17. The number of rotatable bonds is 5. The van der Waals surface area contributed by atoms with E-state index >= 15 is 0 Å². The Hall–Kier alpha value is -0.670. The van der Waals surface area contributed by atoms with Gasteiger partial charge in [-0.2, -0.15) is 0 Å². The summed E-state index contributed by atoms with van der Waals surface area (Å²) < 4.78 is 13.9. The molecule has 0 heterocycles. The van der Waals surface area contributed by atoms with E-state index in [2.05, 4.69) is 34.7 Å². The number of nitrogens with one attached hydrogen (secondary N) is 1. The molecule has 1 nitrogen and oxygen atoms in total. The van der Waals surface area contributed by atoms with Gasteiger partial charge in [-0.05, 0) is 24.1 Å². The van der Waals surface area contributed by atoms with E-state index in [4.69, 9.17) is 0 Å². The van der Waals surface area contributed by atoms with Crippen LogP contribution in [0, 0.1) is 5.82 Å². The lowest BCUT2D eigenvalue weighted by Gasteiger charge is -2.17. The van der Waals surface area contributed by atoms with Crippen LogP contribution in [0.3, 0.4) is 0 Å². The first kappa shape index (κ1) is 12.4. The number of halogens is 2. The van der Waals surface area contributed by atoms with E-state index < -0.39 is 0 Å². The zero-order valence-corrected chi connectivity index (χ0v) is 10.3. The Labute approximate surface area is 98.5 Å². The largest absolute Gasteiger partial charge is 0.305 e. The summed E-state index contributed by atoms with van der Waals surface area (Å²) in [6, 6.07) is 6.87. The molecule has 0 saturated heterocycles. The van der Waals surface area contributed by atoms with Crippen LogP contribution in [0.1, 0.15) is 24.9 Å². The molecule has 1 unspecified atom stereocenters. The number of hydrogen-bond acceptors (Lipinski definition) is 1.